The molecule has 3 heterocycles. The van der Waals surface area contributed by atoms with Gasteiger partial charge in [-0.1, -0.05) is 23.7 Å². The van der Waals surface area contributed by atoms with Crippen LogP contribution in [-0.2, 0) is 4.79 Å². The maximum absolute atomic E-state index is 12.7. The normalized spacial score (nSPS) is 15.5. The number of aromatic nitrogens is 2. The molecule has 3 aromatic rings. The summed E-state index contributed by atoms with van der Waals surface area (Å²) in [5.41, 5.74) is 1.02. The molecule has 1 aliphatic rings. The Morgan fingerprint density at radius 3 is 2.75 bits per heavy atom. The number of hydrogen-bond donors (Lipinski definition) is 1. The molecule has 1 saturated heterocycles. The maximum atomic E-state index is 12.7. The van der Waals surface area contributed by atoms with E-state index in [2.05, 4.69) is 27.2 Å². The van der Waals surface area contributed by atoms with Crippen LogP contribution < -0.4 is 9.64 Å². The second-order valence-electron chi connectivity index (χ2n) is 6.65. The zero-order valence-corrected chi connectivity index (χ0v) is 17.0. The average molecular weight is 417 g/mol. The van der Waals surface area contributed by atoms with Gasteiger partial charge in [0.1, 0.15) is 5.75 Å². The summed E-state index contributed by atoms with van der Waals surface area (Å²) in [6.45, 7) is 4.54. The molecule has 1 amide bonds. The molecule has 1 atom stereocenters. The number of hydrogen-bond acceptors (Lipinski definition) is 5. The zero-order chi connectivity index (χ0) is 19.5. The van der Waals surface area contributed by atoms with Crippen molar-refractivity contribution in [3.63, 3.8) is 0 Å². The van der Waals surface area contributed by atoms with Crippen LogP contribution in [0.4, 0.5) is 5.82 Å². The van der Waals surface area contributed by atoms with Crippen molar-refractivity contribution in [3.8, 4) is 16.3 Å². The molecule has 1 aromatic carbocycles. The monoisotopic (exact) mass is 416 g/mol. The number of aromatic amines is 1. The number of nitrogens with one attached hydrogen (secondary N) is 1. The van der Waals surface area contributed by atoms with Crippen LogP contribution in [0.5, 0.6) is 5.75 Å². The summed E-state index contributed by atoms with van der Waals surface area (Å²) in [6, 6.07) is 13.3. The van der Waals surface area contributed by atoms with Gasteiger partial charge in [-0.05, 0) is 36.6 Å². The molecule has 0 bridgehead atoms. The molecule has 8 heteroatoms. The third kappa shape index (κ3) is 4.15. The Morgan fingerprint density at radius 1 is 1.21 bits per heavy atom. The molecular weight excluding hydrogens is 396 g/mol. The van der Waals surface area contributed by atoms with E-state index in [9.17, 15) is 4.79 Å². The molecule has 0 saturated carbocycles. The van der Waals surface area contributed by atoms with Crippen molar-refractivity contribution in [3.05, 3.63) is 52.9 Å². The van der Waals surface area contributed by atoms with Crippen molar-refractivity contribution in [2.45, 2.75) is 13.0 Å². The van der Waals surface area contributed by atoms with Gasteiger partial charge in [0.2, 0.25) is 0 Å². The lowest BCUT2D eigenvalue weighted by Crippen LogP contribution is -2.52. The van der Waals surface area contributed by atoms with E-state index in [-0.39, 0.29) is 5.91 Å². The van der Waals surface area contributed by atoms with Gasteiger partial charge >= 0.3 is 0 Å². The van der Waals surface area contributed by atoms with E-state index in [0.717, 1.165) is 24.6 Å². The fourth-order valence-electron chi connectivity index (χ4n) is 3.24. The largest absolute Gasteiger partial charge is 0.481 e. The van der Waals surface area contributed by atoms with Crippen LogP contribution in [-0.4, -0.2) is 53.3 Å². The highest BCUT2D eigenvalue weighted by Gasteiger charge is 2.27. The Kier molecular flexibility index (Phi) is 5.54. The van der Waals surface area contributed by atoms with Gasteiger partial charge in [-0.25, -0.2) is 0 Å². The summed E-state index contributed by atoms with van der Waals surface area (Å²) in [5, 5.41) is 10.2. The highest BCUT2D eigenvalue weighted by atomic mass is 35.5. The van der Waals surface area contributed by atoms with Crippen LogP contribution in [0.2, 0.25) is 5.02 Å². The van der Waals surface area contributed by atoms with Crippen LogP contribution >= 0.6 is 22.9 Å². The number of rotatable bonds is 5. The minimum Gasteiger partial charge on any atom is -0.481 e. The molecule has 0 aliphatic carbocycles. The molecule has 1 fully saturated rings. The van der Waals surface area contributed by atoms with Crippen molar-refractivity contribution < 1.29 is 9.53 Å². The highest BCUT2D eigenvalue weighted by Crippen LogP contribution is 2.26. The van der Waals surface area contributed by atoms with Gasteiger partial charge in [-0.3, -0.25) is 9.89 Å². The van der Waals surface area contributed by atoms with E-state index >= 15 is 0 Å². The highest BCUT2D eigenvalue weighted by molar-refractivity contribution is 7.13. The summed E-state index contributed by atoms with van der Waals surface area (Å²) >= 11 is 7.66. The molecule has 0 radical (unpaired) electrons. The second-order valence-corrected chi connectivity index (χ2v) is 8.03. The number of piperazine rings is 1. The van der Waals surface area contributed by atoms with E-state index in [1.54, 1.807) is 36.5 Å². The first kappa shape index (κ1) is 18.8. The lowest BCUT2D eigenvalue weighted by Gasteiger charge is -2.35. The minimum atomic E-state index is -0.555. The summed E-state index contributed by atoms with van der Waals surface area (Å²) < 4.78 is 5.76. The fraction of sp³-hybridized carbons (Fsp3) is 0.300. The number of carbonyl (C=O) groups is 1. The fourth-order valence-corrected chi connectivity index (χ4v) is 4.11. The van der Waals surface area contributed by atoms with Crippen LogP contribution in [0.3, 0.4) is 0 Å². The summed E-state index contributed by atoms with van der Waals surface area (Å²) in [7, 11) is 0. The van der Waals surface area contributed by atoms with Crippen molar-refractivity contribution in [2.75, 3.05) is 31.1 Å². The summed E-state index contributed by atoms with van der Waals surface area (Å²) in [4.78, 5) is 17.9. The van der Waals surface area contributed by atoms with E-state index in [1.807, 2.05) is 22.4 Å². The number of benzene rings is 1. The van der Waals surface area contributed by atoms with Gasteiger partial charge in [-0.15, -0.1) is 11.3 Å². The summed E-state index contributed by atoms with van der Waals surface area (Å²) in [6.07, 6.45) is -0.555. The number of H-pyrrole nitrogens is 1. The number of halogens is 1. The molecular formula is C20H21ClN4O2S. The number of carbonyl (C=O) groups excluding carboxylic acids is 1. The predicted molar refractivity (Wildman–Crippen MR) is 112 cm³/mol. The van der Waals surface area contributed by atoms with Crippen LogP contribution in [0, 0.1) is 0 Å². The first-order chi connectivity index (χ1) is 13.6. The quantitative estimate of drug-likeness (QED) is 0.685. The van der Waals surface area contributed by atoms with Crippen molar-refractivity contribution in [2.24, 2.45) is 0 Å². The Morgan fingerprint density at radius 2 is 2.04 bits per heavy atom. The van der Waals surface area contributed by atoms with E-state index in [1.165, 1.54) is 4.88 Å². The lowest BCUT2D eigenvalue weighted by molar-refractivity contribution is -0.138. The van der Waals surface area contributed by atoms with E-state index < -0.39 is 6.10 Å². The maximum Gasteiger partial charge on any atom is 0.263 e. The third-order valence-corrected chi connectivity index (χ3v) is 5.86. The van der Waals surface area contributed by atoms with Crippen LogP contribution in [0.15, 0.2) is 47.8 Å². The first-order valence-corrected chi connectivity index (χ1v) is 10.4. The molecule has 1 unspecified atom stereocenters. The van der Waals surface area contributed by atoms with Gasteiger partial charge in [0.15, 0.2) is 11.9 Å². The van der Waals surface area contributed by atoms with Crippen molar-refractivity contribution in [1.82, 2.24) is 15.1 Å². The Balaban J connectivity index is 1.33. The summed E-state index contributed by atoms with van der Waals surface area (Å²) in [5.74, 6) is 1.50. The van der Waals surface area contributed by atoms with Crippen molar-refractivity contribution in [1.29, 1.82) is 0 Å². The van der Waals surface area contributed by atoms with Crippen molar-refractivity contribution >= 4 is 34.7 Å². The average Bonchev–Trinajstić information content (AvgIpc) is 3.39. The molecule has 6 nitrogen and oxygen atoms in total. The number of amides is 1. The molecule has 2 aromatic heterocycles. The Bertz CT molecular complexity index is 935. The molecule has 28 heavy (non-hydrogen) atoms. The third-order valence-electron chi connectivity index (χ3n) is 4.72. The number of nitrogens with zero attached hydrogens (tertiary/aromatic N) is 3. The van der Waals surface area contributed by atoms with Gasteiger partial charge in [0.05, 0.1) is 10.6 Å². The lowest BCUT2D eigenvalue weighted by atomic mass is 10.2. The van der Waals surface area contributed by atoms with Crippen LogP contribution in [0.1, 0.15) is 6.92 Å². The Labute approximate surface area is 172 Å². The smallest absolute Gasteiger partial charge is 0.263 e. The predicted octanol–water partition coefficient (Wildman–Crippen LogP) is 3.91. The van der Waals surface area contributed by atoms with E-state index in [0.29, 0.717) is 23.9 Å². The van der Waals surface area contributed by atoms with Crippen LogP contribution in [0.25, 0.3) is 10.6 Å². The minimum absolute atomic E-state index is 0.0130. The molecule has 4 rings (SSSR count). The molecule has 1 aliphatic heterocycles. The number of anilines is 1. The zero-order valence-electron chi connectivity index (χ0n) is 15.5. The first-order valence-electron chi connectivity index (χ1n) is 9.15. The molecule has 146 valence electrons. The van der Waals surface area contributed by atoms with Gasteiger partial charge in [0, 0.05) is 37.3 Å². The number of thiophene rings is 1. The Hall–Kier alpha value is -2.51. The molecule has 1 N–H and O–H groups in total. The standard InChI is InChI=1S/C20H21ClN4O2S/c1-14(27-16-5-2-4-15(21)12-16)20(26)25-9-7-24(8-10-25)19-13-17(22-23-19)18-6-3-11-28-18/h2-6,11-14H,7-10H2,1H3,(H,22,23). The second kappa shape index (κ2) is 8.24. The topological polar surface area (TPSA) is 61.5 Å². The van der Waals surface area contributed by atoms with Gasteiger partial charge in [0.25, 0.3) is 5.91 Å². The van der Waals surface area contributed by atoms with Gasteiger partial charge < -0.3 is 14.5 Å². The van der Waals surface area contributed by atoms with Gasteiger partial charge in [-0.2, -0.15) is 5.10 Å². The van der Waals surface area contributed by atoms with E-state index in [4.69, 9.17) is 16.3 Å². The SMILES string of the molecule is CC(Oc1cccc(Cl)c1)C(=O)N1CCN(c2cc(-c3cccs3)[nH]n2)CC1. The number of ether oxygens (including phenoxy) is 1. The molecule has 0 spiro atoms.